The van der Waals surface area contributed by atoms with E-state index in [9.17, 15) is 9.59 Å². The standard InChI is InChI=1S/C29H40N8O2/c38-28(36-24-12-8-22(9-13-24)26-30-18-19-31-26)34-16-6-4-2-1-3-5-7-17-35-29(39)37-25-14-10-23(11-15-25)27-32-20-21-33-27/h8-15H,1-7,16-21H2,(H,30,31)(H,32,33)(H2,34,36,38)(H2,35,37,39). The highest BCUT2D eigenvalue weighted by Crippen LogP contribution is 2.12. The minimum absolute atomic E-state index is 0.177. The molecule has 0 fully saturated rings. The maximum absolute atomic E-state index is 12.1. The molecule has 2 aliphatic heterocycles. The first-order valence-electron chi connectivity index (χ1n) is 14.0. The minimum Gasteiger partial charge on any atom is -0.368 e. The number of hydrogen-bond donors (Lipinski definition) is 6. The molecule has 0 unspecified atom stereocenters. The summed E-state index contributed by atoms with van der Waals surface area (Å²) in [6.07, 6.45) is 7.57. The van der Waals surface area contributed by atoms with Gasteiger partial charge in [0.15, 0.2) is 0 Å². The summed E-state index contributed by atoms with van der Waals surface area (Å²) in [5.41, 5.74) is 3.60. The average molecular weight is 533 g/mol. The van der Waals surface area contributed by atoms with Crippen molar-refractivity contribution in [2.75, 3.05) is 49.9 Å². The first kappa shape index (κ1) is 27.9. The largest absolute Gasteiger partial charge is 0.368 e. The van der Waals surface area contributed by atoms with Crippen molar-refractivity contribution in [1.29, 1.82) is 0 Å². The minimum atomic E-state index is -0.177. The van der Waals surface area contributed by atoms with Crippen molar-refractivity contribution < 1.29 is 9.59 Å². The Kier molecular flexibility index (Phi) is 11.0. The topological polar surface area (TPSA) is 131 Å². The Labute approximate surface area is 230 Å². The zero-order chi connectivity index (χ0) is 27.1. The smallest absolute Gasteiger partial charge is 0.319 e. The number of rotatable bonds is 14. The number of amides is 4. The van der Waals surface area contributed by atoms with E-state index in [0.29, 0.717) is 13.1 Å². The first-order valence-corrected chi connectivity index (χ1v) is 14.0. The van der Waals surface area contributed by atoms with Crippen molar-refractivity contribution in [2.24, 2.45) is 9.98 Å². The van der Waals surface area contributed by atoms with Crippen molar-refractivity contribution in [1.82, 2.24) is 21.3 Å². The highest BCUT2D eigenvalue weighted by molar-refractivity contribution is 6.01. The number of aliphatic imine (C=N–C) groups is 2. The van der Waals surface area contributed by atoms with Gasteiger partial charge < -0.3 is 31.9 Å². The summed E-state index contributed by atoms with van der Waals surface area (Å²) in [5, 5.41) is 18.1. The lowest BCUT2D eigenvalue weighted by molar-refractivity contribution is 0.251. The molecule has 10 nitrogen and oxygen atoms in total. The van der Waals surface area contributed by atoms with Crippen LogP contribution < -0.4 is 31.9 Å². The Morgan fingerprint density at radius 2 is 0.974 bits per heavy atom. The number of carbonyl (C=O) groups excluding carboxylic acids is 2. The Morgan fingerprint density at radius 1 is 0.590 bits per heavy atom. The van der Waals surface area contributed by atoms with Gasteiger partial charge in [-0.15, -0.1) is 0 Å². The van der Waals surface area contributed by atoms with Crippen LogP contribution >= 0.6 is 0 Å². The number of hydrogen-bond acceptors (Lipinski definition) is 6. The molecule has 0 atom stereocenters. The van der Waals surface area contributed by atoms with E-state index < -0.39 is 0 Å². The summed E-state index contributed by atoms with van der Waals surface area (Å²) in [6, 6.07) is 15.1. The number of unbranched alkanes of at least 4 members (excludes halogenated alkanes) is 6. The van der Waals surface area contributed by atoms with E-state index in [2.05, 4.69) is 41.9 Å². The third-order valence-electron chi connectivity index (χ3n) is 6.61. The molecule has 208 valence electrons. The molecule has 0 radical (unpaired) electrons. The molecular weight excluding hydrogens is 492 g/mol. The fourth-order valence-corrected chi connectivity index (χ4v) is 4.49. The van der Waals surface area contributed by atoms with Crippen LogP contribution in [0.1, 0.15) is 56.1 Å². The second-order valence-corrected chi connectivity index (χ2v) is 9.71. The lowest BCUT2D eigenvalue weighted by atomic mass is 10.1. The van der Waals surface area contributed by atoms with Gasteiger partial charge in [0, 0.05) is 48.7 Å². The normalized spacial score (nSPS) is 14.1. The van der Waals surface area contributed by atoms with Gasteiger partial charge in [-0.1, -0.05) is 32.1 Å². The van der Waals surface area contributed by atoms with E-state index in [1.165, 1.54) is 0 Å². The molecule has 4 amide bonds. The van der Waals surface area contributed by atoms with E-state index >= 15 is 0 Å². The molecule has 6 N–H and O–H groups in total. The number of nitrogens with one attached hydrogen (secondary N) is 6. The Hall–Kier alpha value is -4.08. The molecule has 0 saturated carbocycles. The summed E-state index contributed by atoms with van der Waals surface area (Å²) in [4.78, 5) is 33.0. The number of carbonyl (C=O) groups is 2. The summed E-state index contributed by atoms with van der Waals surface area (Å²) < 4.78 is 0. The van der Waals surface area contributed by atoms with E-state index in [1.807, 2.05) is 48.5 Å². The fraction of sp³-hybridized carbons (Fsp3) is 0.448. The van der Waals surface area contributed by atoms with Crippen LogP contribution in [0.15, 0.2) is 58.5 Å². The zero-order valence-electron chi connectivity index (χ0n) is 22.5. The number of anilines is 2. The molecule has 10 heteroatoms. The zero-order valence-corrected chi connectivity index (χ0v) is 22.5. The lowest BCUT2D eigenvalue weighted by Gasteiger charge is -2.09. The highest BCUT2D eigenvalue weighted by atomic mass is 16.2. The molecule has 2 aliphatic rings. The Bertz CT molecular complexity index is 1040. The third kappa shape index (κ3) is 9.63. The van der Waals surface area contributed by atoms with Gasteiger partial charge in [-0.25, -0.2) is 9.59 Å². The van der Waals surface area contributed by atoms with Crippen molar-refractivity contribution in [3.8, 4) is 0 Å². The molecule has 2 aromatic rings. The van der Waals surface area contributed by atoms with Gasteiger partial charge in [-0.3, -0.25) is 9.98 Å². The lowest BCUT2D eigenvalue weighted by Crippen LogP contribution is -2.29. The maximum Gasteiger partial charge on any atom is 0.319 e. The molecule has 0 aromatic heterocycles. The number of amidine groups is 2. The molecule has 2 aromatic carbocycles. The molecule has 0 spiro atoms. The van der Waals surface area contributed by atoms with Crippen LogP contribution in [0.25, 0.3) is 0 Å². The first-order chi connectivity index (χ1) is 19.2. The molecule has 0 bridgehead atoms. The van der Waals surface area contributed by atoms with E-state index in [-0.39, 0.29) is 12.1 Å². The fourth-order valence-electron chi connectivity index (χ4n) is 4.49. The maximum atomic E-state index is 12.1. The van der Waals surface area contributed by atoms with E-state index in [0.717, 1.165) is 105 Å². The van der Waals surface area contributed by atoms with Gasteiger partial charge in [-0.05, 0) is 61.4 Å². The van der Waals surface area contributed by atoms with Crippen LogP contribution in [0.3, 0.4) is 0 Å². The number of benzene rings is 2. The number of nitrogens with zero attached hydrogens (tertiary/aromatic N) is 2. The van der Waals surface area contributed by atoms with Gasteiger partial charge in [0.05, 0.1) is 13.1 Å². The monoisotopic (exact) mass is 532 g/mol. The van der Waals surface area contributed by atoms with Crippen LogP contribution in [0.4, 0.5) is 21.0 Å². The van der Waals surface area contributed by atoms with Crippen LogP contribution in [0, 0.1) is 0 Å². The molecule has 0 aliphatic carbocycles. The van der Waals surface area contributed by atoms with Gasteiger partial charge in [0.25, 0.3) is 0 Å². The Balaban J connectivity index is 0.949. The summed E-state index contributed by atoms with van der Waals surface area (Å²) >= 11 is 0. The summed E-state index contributed by atoms with van der Waals surface area (Å²) in [7, 11) is 0. The third-order valence-corrected chi connectivity index (χ3v) is 6.61. The molecule has 2 heterocycles. The molecule has 4 rings (SSSR count). The predicted octanol–water partition coefficient (Wildman–Crippen LogP) is 4.06. The van der Waals surface area contributed by atoms with Crippen molar-refractivity contribution in [3.05, 3.63) is 59.7 Å². The van der Waals surface area contributed by atoms with Gasteiger partial charge in [0.1, 0.15) is 11.7 Å². The highest BCUT2D eigenvalue weighted by Gasteiger charge is 2.09. The SMILES string of the molecule is O=C(NCCCCCCCCCNC(=O)Nc1ccc(C2=NCCN2)cc1)Nc1ccc(C2=NCCN2)cc1. The van der Waals surface area contributed by atoms with Crippen LogP contribution in [0.5, 0.6) is 0 Å². The summed E-state index contributed by atoms with van der Waals surface area (Å²) in [6.45, 7) is 4.70. The van der Waals surface area contributed by atoms with Crippen molar-refractivity contribution in [3.63, 3.8) is 0 Å². The average Bonchev–Trinajstić information content (AvgIpc) is 3.68. The van der Waals surface area contributed by atoms with Crippen molar-refractivity contribution in [2.45, 2.75) is 44.9 Å². The van der Waals surface area contributed by atoms with Gasteiger partial charge in [0.2, 0.25) is 0 Å². The molecular formula is C29H40N8O2. The molecule has 39 heavy (non-hydrogen) atoms. The summed E-state index contributed by atoms with van der Waals surface area (Å²) in [5.74, 6) is 1.83. The second kappa shape index (κ2) is 15.4. The van der Waals surface area contributed by atoms with Crippen LogP contribution in [-0.4, -0.2) is 63.0 Å². The quantitative estimate of drug-likeness (QED) is 0.205. The Morgan fingerprint density at radius 3 is 1.33 bits per heavy atom. The van der Waals surface area contributed by atoms with Crippen molar-refractivity contribution >= 4 is 35.1 Å². The number of urea groups is 2. The predicted molar refractivity (Wildman–Crippen MR) is 158 cm³/mol. The van der Waals surface area contributed by atoms with E-state index in [1.54, 1.807) is 0 Å². The second-order valence-electron chi connectivity index (χ2n) is 9.71. The van der Waals surface area contributed by atoms with E-state index in [4.69, 9.17) is 0 Å². The van der Waals surface area contributed by atoms with Crippen LogP contribution in [0.2, 0.25) is 0 Å². The molecule has 0 saturated heterocycles. The van der Waals surface area contributed by atoms with Crippen LogP contribution in [-0.2, 0) is 0 Å². The van der Waals surface area contributed by atoms with Gasteiger partial charge in [-0.2, -0.15) is 0 Å². The van der Waals surface area contributed by atoms with Gasteiger partial charge >= 0.3 is 12.1 Å².